The topological polar surface area (TPSA) is 0 Å². The molecule has 0 aliphatic carbocycles. The van der Waals surface area contributed by atoms with Crippen molar-refractivity contribution >= 4 is 108 Å². The van der Waals surface area contributed by atoms with E-state index < -0.39 is 0 Å². The van der Waals surface area contributed by atoms with Crippen LogP contribution < -0.4 is 0 Å². The molecule has 0 aromatic heterocycles. The highest BCUT2D eigenvalue weighted by Gasteiger charge is 2.31. The number of hydrogen-bond donors (Lipinski definition) is 0. The highest BCUT2D eigenvalue weighted by molar-refractivity contribution is 6.61. The van der Waals surface area contributed by atoms with Gasteiger partial charge in [0.25, 0.3) is 0 Å². The van der Waals surface area contributed by atoms with Gasteiger partial charge in [0.15, 0.2) is 0 Å². The zero-order valence-electron chi connectivity index (χ0n) is 16.9. The summed E-state index contributed by atoms with van der Waals surface area (Å²) in [4.78, 5) is 0. The van der Waals surface area contributed by atoms with Gasteiger partial charge in [0.1, 0.15) is 0 Å². The van der Waals surface area contributed by atoms with Crippen LogP contribution in [-0.4, -0.2) is 0 Å². The van der Waals surface area contributed by atoms with Crippen molar-refractivity contribution in [2.24, 2.45) is 0 Å². The van der Waals surface area contributed by atoms with Crippen molar-refractivity contribution in [3.8, 4) is 0 Å². The molecule has 0 fully saturated rings. The second-order valence-electron chi connectivity index (χ2n) is 9.94. The van der Waals surface area contributed by atoms with Crippen molar-refractivity contribution in [2.75, 3.05) is 0 Å². The van der Waals surface area contributed by atoms with E-state index in [0.29, 0.717) is 0 Å². The SMILES string of the molecule is c1cc2c3ccc4c5cccc6c7ccc8c9ccc%10c(c1)c2c1c(c34)c(c56)c(c78)c1c%109. The average molecular weight is 396 g/mol. The van der Waals surface area contributed by atoms with Crippen LogP contribution in [0.1, 0.15) is 0 Å². The van der Waals surface area contributed by atoms with Crippen LogP contribution in [0.15, 0.2) is 72.8 Å². The third-order valence-corrected chi connectivity index (χ3v) is 8.95. The highest BCUT2D eigenvalue weighted by atomic mass is 14.3. The molecule has 32 heavy (non-hydrogen) atoms. The summed E-state index contributed by atoms with van der Waals surface area (Å²) in [5.74, 6) is 0. The fourth-order valence-corrected chi connectivity index (χ4v) is 8.01. The Labute approximate surface area is 180 Å². The molecule has 11 aromatic carbocycles. The summed E-state index contributed by atoms with van der Waals surface area (Å²) in [6.45, 7) is 0. The van der Waals surface area contributed by atoms with E-state index in [1.54, 1.807) is 0 Å². The minimum absolute atomic E-state index is 1.41. The van der Waals surface area contributed by atoms with E-state index in [0.717, 1.165) is 0 Å². The summed E-state index contributed by atoms with van der Waals surface area (Å²) >= 11 is 0. The van der Waals surface area contributed by atoms with Gasteiger partial charge < -0.3 is 0 Å². The molecule has 0 saturated heterocycles. The maximum absolute atomic E-state index is 2.38. The van der Waals surface area contributed by atoms with Gasteiger partial charge in [-0.1, -0.05) is 72.8 Å². The van der Waals surface area contributed by atoms with Crippen LogP contribution in [0, 0.1) is 0 Å². The summed E-state index contributed by atoms with van der Waals surface area (Å²) in [5.41, 5.74) is 0. The zero-order valence-corrected chi connectivity index (χ0v) is 16.9. The van der Waals surface area contributed by atoms with Crippen molar-refractivity contribution in [3.05, 3.63) is 72.8 Å². The van der Waals surface area contributed by atoms with E-state index in [4.69, 9.17) is 0 Å². The molecule has 0 amide bonds. The molecule has 0 aliphatic heterocycles. The molecule has 140 valence electrons. The van der Waals surface area contributed by atoms with Gasteiger partial charge in [-0.2, -0.15) is 0 Å². The third kappa shape index (κ3) is 1.06. The van der Waals surface area contributed by atoms with E-state index >= 15 is 0 Å². The third-order valence-electron chi connectivity index (χ3n) is 8.95. The minimum atomic E-state index is 1.41. The fourth-order valence-electron chi connectivity index (χ4n) is 8.01. The van der Waals surface area contributed by atoms with Crippen molar-refractivity contribution in [1.29, 1.82) is 0 Å². The molecule has 0 heterocycles. The van der Waals surface area contributed by atoms with E-state index in [1.807, 2.05) is 0 Å². The molecule has 11 rings (SSSR count). The standard InChI is InChI=1S/C32H12/c1-3-13-17-7-8-18-14-4-2-6-16-20-10-12-22-21-11-9-19-15(5-1)23(13)28-30(25(17)18)29(24(14)16)32(27(20)22)31(28)26(19)21/h1-12H. The second kappa shape index (κ2) is 3.89. The van der Waals surface area contributed by atoms with Crippen LogP contribution in [-0.2, 0) is 0 Å². The summed E-state index contributed by atoms with van der Waals surface area (Å²) in [5, 5.41) is 29.2. The molecule has 0 atom stereocenters. The van der Waals surface area contributed by atoms with Crippen molar-refractivity contribution in [1.82, 2.24) is 0 Å². The van der Waals surface area contributed by atoms with Crippen LogP contribution in [0.3, 0.4) is 0 Å². The van der Waals surface area contributed by atoms with Gasteiger partial charge in [0.2, 0.25) is 0 Å². The molecule has 0 heteroatoms. The minimum Gasteiger partial charge on any atom is -0.0610 e. The van der Waals surface area contributed by atoms with Crippen molar-refractivity contribution in [2.45, 2.75) is 0 Å². The predicted octanol–water partition coefficient (Wildman–Crippen LogP) is 9.28. The lowest BCUT2D eigenvalue weighted by molar-refractivity contribution is 1.90. The molecule has 0 spiro atoms. The average Bonchev–Trinajstić information content (AvgIpc) is 3.58. The number of hydrogen-bond acceptors (Lipinski definition) is 0. The molecular formula is C32H12. The zero-order chi connectivity index (χ0) is 20.0. The number of fused-ring (bicyclic) bond motifs is 5. The lowest BCUT2D eigenvalue weighted by Gasteiger charge is -2.14. The number of rotatable bonds is 0. The molecule has 0 unspecified atom stereocenters. The summed E-state index contributed by atoms with van der Waals surface area (Å²) in [6, 6.07) is 28.2. The Balaban J connectivity index is 1.81. The Morgan fingerprint density at radius 3 is 0.594 bits per heavy atom. The monoisotopic (exact) mass is 396 g/mol. The Morgan fingerprint density at radius 2 is 0.375 bits per heavy atom. The van der Waals surface area contributed by atoms with Crippen LogP contribution >= 0.6 is 0 Å². The van der Waals surface area contributed by atoms with Crippen LogP contribution in [0.4, 0.5) is 0 Å². The summed E-state index contributed by atoms with van der Waals surface area (Å²) in [6.07, 6.45) is 0. The van der Waals surface area contributed by atoms with Crippen molar-refractivity contribution in [3.63, 3.8) is 0 Å². The molecule has 0 radical (unpaired) electrons. The van der Waals surface area contributed by atoms with E-state index in [9.17, 15) is 0 Å². The van der Waals surface area contributed by atoms with Gasteiger partial charge in [-0.3, -0.25) is 0 Å². The van der Waals surface area contributed by atoms with Gasteiger partial charge in [-0.25, -0.2) is 0 Å². The molecule has 0 N–H and O–H groups in total. The quantitative estimate of drug-likeness (QED) is 0.177. The van der Waals surface area contributed by atoms with Gasteiger partial charge in [0.05, 0.1) is 0 Å². The molecule has 0 bridgehead atoms. The Morgan fingerprint density at radius 1 is 0.188 bits per heavy atom. The Bertz CT molecular complexity index is 2320. The van der Waals surface area contributed by atoms with Crippen molar-refractivity contribution < 1.29 is 0 Å². The lowest BCUT2D eigenvalue weighted by atomic mass is 9.88. The largest absolute Gasteiger partial charge is 0.0610 e. The Kier molecular flexibility index (Phi) is 1.70. The maximum atomic E-state index is 2.38. The van der Waals surface area contributed by atoms with Crippen LogP contribution in [0.2, 0.25) is 0 Å². The molecule has 11 aromatic rings. The lowest BCUT2D eigenvalue weighted by Crippen LogP contribution is -1.85. The first-order valence-electron chi connectivity index (χ1n) is 11.5. The normalized spacial score (nSPS) is 14.2. The van der Waals surface area contributed by atoms with E-state index in [2.05, 4.69) is 72.8 Å². The van der Waals surface area contributed by atoms with Gasteiger partial charge in [-0.15, -0.1) is 0 Å². The smallest absolute Gasteiger partial charge is 0.0000476 e. The first-order valence-corrected chi connectivity index (χ1v) is 11.5. The van der Waals surface area contributed by atoms with Gasteiger partial charge in [0, 0.05) is 0 Å². The first kappa shape index (κ1) is 14.0. The van der Waals surface area contributed by atoms with Crippen LogP contribution in [0.5, 0.6) is 0 Å². The maximum Gasteiger partial charge on any atom is -0.0000476 e. The Hall–Kier alpha value is -4.16. The molecular weight excluding hydrogens is 384 g/mol. The van der Waals surface area contributed by atoms with E-state index in [1.165, 1.54) is 108 Å². The highest BCUT2D eigenvalue weighted by Crippen LogP contribution is 2.60. The van der Waals surface area contributed by atoms with E-state index in [-0.39, 0.29) is 0 Å². The molecule has 0 nitrogen and oxygen atoms in total. The number of benzene rings is 7. The summed E-state index contributed by atoms with van der Waals surface area (Å²) in [7, 11) is 0. The van der Waals surface area contributed by atoms with Gasteiger partial charge in [-0.05, 0) is 108 Å². The molecule has 0 saturated carbocycles. The second-order valence-corrected chi connectivity index (χ2v) is 9.94. The molecule has 0 aliphatic rings. The fraction of sp³-hybridized carbons (Fsp3) is 0. The predicted molar refractivity (Wildman–Crippen MR) is 140 cm³/mol. The first-order chi connectivity index (χ1) is 15.9. The van der Waals surface area contributed by atoms with Crippen LogP contribution in [0.25, 0.3) is 108 Å². The van der Waals surface area contributed by atoms with Gasteiger partial charge >= 0.3 is 0 Å². The summed E-state index contributed by atoms with van der Waals surface area (Å²) < 4.78 is 0.